The second-order valence-electron chi connectivity index (χ2n) is 9.33. The first-order valence-corrected chi connectivity index (χ1v) is 12.4. The molecule has 3 heterocycles. The van der Waals surface area contributed by atoms with E-state index >= 15 is 0 Å². The molecule has 2 bridgehead atoms. The average Bonchev–Trinajstić information content (AvgIpc) is 3.32. The van der Waals surface area contributed by atoms with Crippen molar-refractivity contribution in [1.82, 2.24) is 15.0 Å². The van der Waals surface area contributed by atoms with Crippen LogP contribution in [0.4, 0.5) is 5.69 Å². The monoisotopic (exact) mass is 468 g/mol. The summed E-state index contributed by atoms with van der Waals surface area (Å²) in [6.45, 7) is 3.78. The highest BCUT2D eigenvalue weighted by Crippen LogP contribution is 2.30. The summed E-state index contributed by atoms with van der Waals surface area (Å²) in [6, 6.07) is 10.5. The minimum atomic E-state index is 0.0771. The summed E-state index contributed by atoms with van der Waals surface area (Å²) >= 11 is 0. The summed E-state index contributed by atoms with van der Waals surface area (Å²) in [5.74, 6) is 1.26. The Kier molecular flexibility index (Phi) is 7.88. The summed E-state index contributed by atoms with van der Waals surface area (Å²) in [7, 11) is 3.72. The van der Waals surface area contributed by atoms with E-state index in [-0.39, 0.29) is 11.8 Å². The molecule has 34 heavy (non-hydrogen) atoms. The lowest BCUT2D eigenvalue weighted by Gasteiger charge is -2.42. The molecule has 8 heteroatoms. The van der Waals surface area contributed by atoms with Crippen LogP contribution in [0.1, 0.15) is 56.8 Å². The van der Waals surface area contributed by atoms with Gasteiger partial charge >= 0.3 is 0 Å². The SMILES string of the molecule is CCC(=O)N1CCC2CCCC(CN(C(=O)CCc3cc(OC)no3)Cc3ccccc31)N2C. The number of hydrogen-bond acceptors (Lipinski definition) is 6. The molecule has 2 aromatic rings. The van der Waals surface area contributed by atoms with Crippen LogP contribution in [0.2, 0.25) is 0 Å². The number of amides is 2. The number of carbonyl (C=O) groups is 2. The fourth-order valence-electron chi connectivity index (χ4n) is 5.23. The molecule has 0 spiro atoms. The normalized spacial score (nSPS) is 21.5. The Morgan fingerprint density at radius 1 is 1.15 bits per heavy atom. The Morgan fingerprint density at radius 3 is 2.71 bits per heavy atom. The lowest BCUT2D eigenvalue weighted by atomic mass is 9.93. The molecule has 8 nitrogen and oxygen atoms in total. The van der Waals surface area contributed by atoms with Crippen LogP contribution >= 0.6 is 0 Å². The molecule has 0 saturated carbocycles. The number of benzene rings is 1. The molecule has 2 unspecified atom stereocenters. The zero-order valence-corrected chi connectivity index (χ0v) is 20.5. The number of para-hydroxylation sites is 1. The molecule has 2 amide bonds. The number of hydrogen-bond donors (Lipinski definition) is 0. The van der Waals surface area contributed by atoms with Crippen molar-refractivity contribution >= 4 is 17.5 Å². The van der Waals surface area contributed by atoms with Gasteiger partial charge in [-0.25, -0.2) is 0 Å². The van der Waals surface area contributed by atoms with E-state index in [0.717, 1.165) is 36.9 Å². The third-order valence-corrected chi connectivity index (χ3v) is 7.28. The Morgan fingerprint density at radius 2 is 1.94 bits per heavy atom. The second-order valence-corrected chi connectivity index (χ2v) is 9.33. The fourth-order valence-corrected chi connectivity index (χ4v) is 5.23. The van der Waals surface area contributed by atoms with E-state index in [0.29, 0.717) is 62.6 Å². The van der Waals surface area contributed by atoms with E-state index in [2.05, 4.69) is 17.1 Å². The van der Waals surface area contributed by atoms with Gasteiger partial charge in [0.25, 0.3) is 5.88 Å². The zero-order valence-electron chi connectivity index (χ0n) is 20.5. The van der Waals surface area contributed by atoms with Crippen LogP contribution in [-0.4, -0.2) is 66.1 Å². The van der Waals surface area contributed by atoms with Crippen molar-refractivity contribution in [2.75, 3.05) is 32.1 Å². The molecular weight excluding hydrogens is 432 g/mol. The summed E-state index contributed by atoms with van der Waals surface area (Å²) in [6.07, 6.45) is 5.55. The summed E-state index contributed by atoms with van der Waals surface area (Å²) in [4.78, 5) is 32.8. The van der Waals surface area contributed by atoms with Gasteiger partial charge in [-0.1, -0.05) is 31.5 Å². The maximum absolute atomic E-state index is 13.5. The molecule has 184 valence electrons. The predicted molar refractivity (Wildman–Crippen MR) is 130 cm³/mol. The number of carbonyl (C=O) groups excluding carboxylic acids is 2. The number of aryl methyl sites for hydroxylation is 1. The fraction of sp³-hybridized carbons (Fsp3) is 0.577. The third-order valence-electron chi connectivity index (χ3n) is 7.28. The summed E-state index contributed by atoms with van der Waals surface area (Å²) < 4.78 is 10.4. The molecule has 0 radical (unpaired) electrons. The molecule has 1 aromatic heterocycles. The molecular formula is C26H36N4O4. The molecule has 0 aliphatic carbocycles. The van der Waals surface area contributed by atoms with Gasteiger partial charge in [0.1, 0.15) is 5.76 Å². The van der Waals surface area contributed by atoms with Crippen LogP contribution in [0.25, 0.3) is 0 Å². The highest BCUT2D eigenvalue weighted by molar-refractivity contribution is 5.94. The summed E-state index contributed by atoms with van der Waals surface area (Å²) in [5, 5.41) is 3.83. The van der Waals surface area contributed by atoms with Crippen molar-refractivity contribution < 1.29 is 18.8 Å². The quantitative estimate of drug-likeness (QED) is 0.667. The maximum atomic E-state index is 13.5. The number of methoxy groups -OCH3 is 1. The Labute approximate surface area is 201 Å². The number of ether oxygens (including phenoxy) is 1. The number of anilines is 1. The van der Waals surface area contributed by atoms with E-state index in [1.165, 1.54) is 0 Å². The highest BCUT2D eigenvalue weighted by Gasteiger charge is 2.32. The van der Waals surface area contributed by atoms with Gasteiger partial charge < -0.3 is 19.1 Å². The molecule has 2 aliphatic heterocycles. The highest BCUT2D eigenvalue weighted by atomic mass is 16.5. The van der Waals surface area contributed by atoms with Crippen LogP contribution in [0, 0.1) is 0 Å². The molecule has 2 aliphatic rings. The van der Waals surface area contributed by atoms with Crippen molar-refractivity contribution in [3.8, 4) is 5.88 Å². The van der Waals surface area contributed by atoms with Gasteiger partial charge in [0, 0.05) is 62.7 Å². The molecule has 2 atom stereocenters. The molecule has 4 rings (SSSR count). The number of likely N-dealkylation sites (N-methyl/N-ethyl adjacent to an activating group) is 1. The first-order chi connectivity index (χ1) is 16.5. The van der Waals surface area contributed by atoms with Crippen LogP contribution in [0.15, 0.2) is 34.9 Å². The number of piperidine rings is 1. The van der Waals surface area contributed by atoms with E-state index in [9.17, 15) is 9.59 Å². The van der Waals surface area contributed by atoms with Crippen LogP contribution < -0.4 is 9.64 Å². The Balaban J connectivity index is 1.61. The number of fused-ring (bicyclic) bond motifs is 3. The van der Waals surface area contributed by atoms with Crippen molar-refractivity contribution in [1.29, 1.82) is 0 Å². The molecule has 0 N–H and O–H groups in total. The minimum absolute atomic E-state index is 0.0771. The first kappa shape index (κ1) is 24.3. The maximum Gasteiger partial charge on any atom is 0.254 e. The molecule has 1 fully saturated rings. The van der Waals surface area contributed by atoms with Gasteiger partial charge in [-0.15, -0.1) is 0 Å². The zero-order chi connectivity index (χ0) is 24.1. The van der Waals surface area contributed by atoms with E-state index in [1.807, 2.05) is 41.0 Å². The van der Waals surface area contributed by atoms with Gasteiger partial charge in [0.2, 0.25) is 11.8 Å². The van der Waals surface area contributed by atoms with Gasteiger partial charge in [0.05, 0.1) is 7.11 Å². The van der Waals surface area contributed by atoms with Gasteiger partial charge in [-0.05, 0) is 43.1 Å². The lowest BCUT2D eigenvalue weighted by molar-refractivity contribution is -0.133. The summed E-state index contributed by atoms with van der Waals surface area (Å²) in [5.41, 5.74) is 1.93. The van der Waals surface area contributed by atoms with E-state index < -0.39 is 0 Å². The lowest BCUT2D eigenvalue weighted by Crippen LogP contribution is -2.50. The Hall–Kier alpha value is -2.87. The topological polar surface area (TPSA) is 79.1 Å². The standard InChI is InChI=1S/C26H36N4O4/c1-4-25(31)30-15-14-20-9-7-10-21(28(20)2)18-29(17-19-8-5-6-11-23(19)30)26(32)13-12-22-16-24(33-3)27-34-22/h5-6,8,11,16,20-21H,4,7,9-10,12-15,17-18H2,1-3H3. The number of rotatable bonds is 5. The molecule has 1 aromatic carbocycles. The van der Waals surface area contributed by atoms with E-state index in [4.69, 9.17) is 9.26 Å². The first-order valence-electron chi connectivity index (χ1n) is 12.4. The second kappa shape index (κ2) is 11.0. The predicted octanol–water partition coefficient (Wildman–Crippen LogP) is 3.64. The smallest absolute Gasteiger partial charge is 0.254 e. The van der Waals surface area contributed by atoms with E-state index in [1.54, 1.807) is 13.2 Å². The number of aromatic nitrogens is 1. The molecule has 1 saturated heterocycles. The van der Waals surface area contributed by atoms with Crippen molar-refractivity contribution in [2.45, 2.75) is 70.5 Å². The largest absolute Gasteiger partial charge is 0.479 e. The van der Waals surface area contributed by atoms with Crippen LogP contribution in [0.5, 0.6) is 5.88 Å². The Bertz CT molecular complexity index is 991. The minimum Gasteiger partial charge on any atom is -0.479 e. The average molecular weight is 469 g/mol. The van der Waals surface area contributed by atoms with Crippen LogP contribution in [0.3, 0.4) is 0 Å². The van der Waals surface area contributed by atoms with Crippen molar-refractivity contribution in [2.24, 2.45) is 0 Å². The van der Waals surface area contributed by atoms with Crippen molar-refractivity contribution in [3.05, 3.63) is 41.7 Å². The van der Waals surface area contributed by atoms with Gasteiger partial charge in [-0.3, -0.25) is 14.5 Å². The van der Waals surface area contributed by atoms with Crippen LogP contribution in [-0.2, 0) is 22.6 Å². The third kappa shape index (κ3) is 5.43. The van der Waals surface area contributed by atoms with Gasteiger partial charge in [-0.2, -0.15) is 0 Å². The number of nitrogens with zero attached hydrogens (tertiary/aromatic N) is 4. The van der Waals surface area contributed by atoms with Crippen molar-refractivity contribution in [3.63, 3.8) is 0 Å². The van der Waals surface area contributed by atoms with Gasteiger partial charge in [0.15, 0.2) is 0 Å².